The third-order valence-corrected chi connectivity index (χ3v) is 9.04. The minimum Gasteiger partial charge on any atom is -0.503 e. The fourth-order valence-corrected chi connectivity index (χ4v) is 6.68. The summed E-state index contributed by atoms with van der Waals surface area (Å²) in [5, 5.41) is 20.8. The molecule has 8 nitrogen and oxygen atoms in total. The van der Waals surface area contributed by atoms with Crippen LogP contribution < -0.4 is 9.64 Å². The van der Waals surface area contributed by atoms with E-state index < -0.39 is 23.5 Å². The van der Waals surface area contributed by atoms with Crippen molar-refractivity contribution < 1.29 is 23.8 Å². The number of nitrogens with zero attached hydrogens (tertiary/aromatic N) is 3. The number of aliphatic hydroxyl groups is 1. The van der Waals surface area contributed by atoms with Gasteiger partial charge in [-0.1, -0.05) is 77.8 Å². The number of carbonyl (C=O) groups excluding carboxylic acids is 2. The largest absolute Gasteiger partial charge is 0.503 e. The van der Waals surface area contributed by atoms with Gasteiger partial charge in [0.2, 0.25) is 10.9 Å². The monoisotopic (exact) mass is 629 g/mol. The summed E-state index contributed by atoms with van der Waals surface area (Å²) in [7, 11) is 0. The van der Waals surface area contributed by atoms with Crippen LogP contribution in [0.2, 0.25) is 10.0 Å². The minimum absolute atomic E-state index is 0.0246. The fourth-order valence-electron chi connectivity index (χ4n) is 4.26. The highest BCUT2D eigenvalue weighted by molar-refractivity contribution is 8.00. The number of halogens is 2. The number of thioether (sulfide) groups is 1. The van der Waals surface area contributed by atoms with Gasteiger partial charge in [0, 0.05) is 15.8 Å². The predicted molar refractivity (Wildman–Crippen MR) is 160 cm³/mol. The summed E-state index contributed by atoms with van der Waals surface area (Å²) in [5.41, 5.74) is 1.37. The van der Waals surface area contributed by atoms with Crippen LogP contribution in [0.25, 0.3) is 0 Å². The number of amides is 1. The number of Topliss-reactive ketones (excluding diaryl/α,β-unsaturated/α-hetero) is 1. The van der Waals surface area contributed by atoms with Gasteiger partial charge in [-0.3, -0.25) is 14.5 Å². The Balaban J connectivity index is 1.46. The van der Waals surface area contributed by atoms with Gasteiger partial charge in [-0.2, -0.15) is 0 Å². The molecule has 3 heterocycles. The fraction of sp³-hybridized carbons (Fsp3) is 0.241. The Morgan fingerprint density at radius 3 is 2.61 bits per heavy atom. The summed E-state index contributed by atoms with van der Waals surface area (Å²) in [6, 6.07) is 14.6. The maximum atomic E-state index is 13.6. The summed E-state index contributed by atoms with van der Waals surface area (Å²) in [5.74, 6) is -0.268. The van der Waals surface area contributed by atoms with Crippen molar-refractivity contribution in [2.24, 2.45) is 0 Å². The molecule has 2 aromatic heterocycles. The molecule has 41 heavy (non-hydrogen) atoms. The van der Waals surface area contributed by atoms with Crippen LogP contribution in [0.1, 0.15) is 53.2 Å². The number of aliphatic hydroxyl groups excluding tert-OH is 1. The lowest BCUT2D eigenvalue weighted by Crippen LogP contribution is -2.31. The number of ether oxygens (including phenoxy) is 1. The van der Waals surface area contributed by atoms with Crippen LogP contribution in [0.4, 0.5) is 5.13 Å². The first-order valence-electron chi connectivity index (χ1n) is 12.8. The standard InChI is InChI=1S/C29H25Cl2N3O5S2/c1-3-4-13-38-20-10-7-17(8-11-20)24-23(25(35)22-12-5-16(2)39-22)26(36)27(37)34(24)28-32-33-29(41-28)40-15-18-6-9-19(30)14-21(18)31/h5-12,14,24,36H,3-4,13,15H2,1-2H3. The molecule has 0 radical (unpaired) electrons. The summed E-state index contributed by atoms with van der Waals surface area (Å²) in [4.78, 5) is 28.3. The van der Waals surface area contributed by atoms with Crippen LogP contribution in [0.15, 0.2) is 74.7 Å². The van der Waals surface area contributed by atoms with E-state index in [0.717, 1.165) is 18.4 Å². The highest BCUT2D eigenvalue weighted by Crippen LogP contribution is 2.44. The van der Waals surface area contributed by atoms with E-state index in [0.29, 0.717) is 43.8 Å². The zero-order valence-corrected chi connectivity index (χ0v) is 25.2. The van der Waals surface area contributed by atoms with E-state index in [1.165, 1.54) is 34.1 Å². The second-order valence-electron chi connectivity index (χ2n) is 9.23. The number of hydrogen-bond acceptors (Lipinski definition) is 9. The van der Waals surface area contributed by atoms with E-state index in [1.807, 2.05) is 6.07 Å². The van der Waals surface area contributed by atoms with Crippen molar-refractivity contribution in [1.29, 1.82) is 0 Å². The van der Waals surface area contributed by atoms with E-state index in [1.54, 1.807) is 49.4 Å². The zero-order chi connectivity index (χ0) is 29.1. The van der Waals surface area contributed by atoms with E-state index in [9.17, 15) is 14.7 Å². The van der Waals surface area contributed by atoms with Gasteiger partial charge in [-0.25, -0.2) is 0 Å². The SMILES string of the molecule is CCCCOc1ccc(C2C(C(=O)c3ccc(C)o3)=C(O)C(=O)N2c2nnc(SCc3ccc(Cl)cc3Cl)s2)cc1. The third kappa shape index (κ3) is 6.30. The molecule has 4 aromatic rings. The molecule has 0 bridgehead atoms. The average Bonchev–Trinajstić information content (AvgIpc) is 3.67. The van der Waals surface area contributed by atoms with E-state index in [4.69, 9.17) is 32.4 Å². The van der Waals surface area contributed by atoms with Crippen LogP contribution >= 0.6 is 46.3 Å². The van der Waals surface area contributed by atoms with Crippen LogP contribution in [-0.4, -0.2) is 33.6 Å². The Labute approximate surface area is 254 Å². The molecular weight excluding hydrogens is 605 g/mol. The molecule has 12 heteroatoms. The summed E-state index contributed by atoms with van der Waals surface area (Å²) < 4.78 is 11.9. The molecule has 1 unspecified atom stereocenters. The number of aryl methyl sites for hydroxylation is 1. The summed E-state index contributed by atoms with van der Waals surface area (Å²) in [6.07, 6.45) is 1.93. The highest BCUT2D eigenvalue weighted by atomic mass is 35.5. The minimum atomic E-state index is -0.957. The van der Waals surface area contributed by atoms with E-state index in [-0.39, 0.29) is 16.5 Å². The Morgan fingerprint density at radius 1 is 1.15 bits per heavy atom. The quantitative estimate of drug-likeness (QED) is 0.0769. The van der Waals surface area contributed by atoms with Gasteiger partial charge in [0.05, 0.1) is 18.2 Å². The molecule has 0 aliphatic carbocycles. The predicted octanol–water partition coefficient (Wildman–Crippen LogP) is 8.00. The first-order valence-corrected chi connectivity index (χ1v) is 15.3. The van der Waals surface area contributed by atoms with E-state index >= 15 is 0 Å². The second kappa shape index (κ2) is 12.7. The number of anilines is 1. The Morgan fingerprint density at radius 2 is 1.93 bits per heavy atom. The molecule has 212 valence electrons. The maximum Gasteiger partial charge on any atom is 0.296 e. The van der Waals surface area contributed by atoms with Crippen LogP contribution in [0.5, 0.6) is 5.75 Å². The highest BCUT2D eigenvalue weighted by Gasteiger charge is 2.46. The van der Waals surface area contributed by atoms with Crippen molar-refractivity contribution in [2.75, 3.05) is 11.5 Å². The first-order chi connectivity index (χ1) is 19.8. The molecule has 1 aliphatic rings. The lowest BCUT2D eigenvalue weighted by Gasteiger charge is -2.24. The van der Waals surface area contributed by atoms with Crippen molar-refractivity contribution in [2.45, 2.75) is 42.8 Å². The Kier molecular flexibility index (Phi) is 9.03. The van der Waals surface area contributed by atoms with Crippen molar-refractivity contribution in [1.82, 2.24) is 10.2 Å². The molecule has 1 N–H and O–H groups in total. The molecule has 1 amide bonds. The molecule has 0 saturated carbocycles. The van der Waals surface area contributed by atoms with Crippen molar-refractivity contribution in [3.63, 3.8) is 0 Å². The first kappa shape index (κ1) is 29.2. The normalized spacial score (nSPS) is 15.2. The maximum absolute atomic E-state index is 13.6. The molecule has 0 fully saturated rings. The molecule has 1 atom stereocenters. The lowest BCUT2D eigenvalue weighted by atomic mass is 9.95. The van der Waals surface area contributed by atoms with Gasteiger partial charge < -0.3 is 14.3 Å². The summed E-state index contributed by atoms with van der Waals surface area (Å²) >= 11 is 14.9. The van der Waals surface area contributed by atoms with Gasteiger partial charge >= 0.3 is 0 Å². The van der Waals surface area contributed by atoms with Crippen LogP contribution in [-0.2, 0) is 10.5 Å². The average molecular weight is 631 g/mol. The van der Waals surface area contributed by atoms with Crippen molar-refractivity contribution in [3.05, 3.63) is 98.6 Å². The van der Waals surface area contributed by atoms with Crippen LogP contribution in [0.3, 0.4) is 0 Å². The Hall–Kier alpha value is -3.31. The number of rotatable bonds is 11. The zero-order valence-electron chi connectivity index (χ0n) is 22.1. The third-order valence-electron chi connectivity index (χ3n) is 6.35. The van der Waals surface area contributed by atoms with Gasteiger partial charge in [-0.15, -0.1) is 10.2 Å². The van der Waals surface area contributed by atoms with Gasteiger partial charge in [-0.05, 0) is 60.9 Å². The van der Waals surface area contributed by atoms with Gasteiger partial charge in [0.1, 0.15) is 11.5 Å². The number of ketones is 1. The number of hydrogen-bond donors (Lipinski definition) is 1. The topological polar surface area (TPSA) is 106 Å². The lowest BCUT2D eigenvalue weighted by molar-refractivity contribution is -0.117. The smallest absolute Gasteiger partial charge is 0.296 e. The van der Waals surface area contributed by atoms with Crippen LogP contribution in [0, 0.1) is 6.92 Å². The molecule has 0 spiro atoms. The van der Waals surface area contributed by atoms with Crippen molar-refractivity contribution in [3.8, 4) is 5.75 Å². The van der Waals surface area contributed by atoms with Crippen molar-refractivity contribution >= 4 is 63.1 Å². The molecular formula is C29H25Cl2N3O5S2. The number of carbonyl (C=O) groups is 2. The number of unbranched alkanes of at least 4 members (excludes halogenated alkanes) is 1. The van der Waals surface area contributed by atoms with Gasteiger partial charge in [0.15, 0.2) is 15.9 Å². The molecule has 5 rings (SSSR count). The number of benzene rings is 2. The summed E-state index contributed by atoms with van der Waals surface area (Å²) in [6.45, 7) is 4.38. The second-order valence-corrected chi connectivity index (χ2v) is 12.2. The molecule has 1 aliphatic heterocycles. The number of aromatic nitrogens is 2. The number of furan rings is 1. The molecule has 2 aromatic carbocycles. The van der Waals surface area contributed by atoms with Gasteiger partial charge in [0.25, 0.3) is 5.91 Å². The Bertz CT molecular complexity index is 1620. The molecule has 0 saturated heterocycles. The van der Waals surface area contributed by atoms with E-state index in [2.05, 4.69) is 17.1 Å².